The second-order valence-electron chi connectivity index (χ2n) is 7.17. The van der Waals surface area contributed by atoms with Gasteiger partial charge in [0.15, 0.2) is 0 Å². The number of aliphatic hydroxyl groups excluding tert-OH is 1. The average molecular weight is 305 g/mol. The third-order valence-corrected chi connectivity index (χ3v) is 4.43. The molecule has 1 aromatic rings. The van der Waals surface area contributed by atoms with Gasteiger partial charge in [-0.15, -0.1) is 0 Å². The lowest BCUT2D eigenvalue weighted by atomic mass is 10.00. The van der Waals surface area contributed by atoms with E-state index in [1.54, 1.807) is 0 Å². The molecule has 0 radical (unpaired) electrons. The highest BCUT2D eigenvalue weighted by atomic mass is 16.5. The first kappa shape index (κ1) is 17.3. The number of piperidine rings is 1. The number of aryl methyl sites for hydroxylation is 1. The average Bonchev–Trinajstić information content (AvgIpc) is 2.45. The molecule has 3 nitrogen and oxygen atoms in total. The fraction of sp³-hybridized carbons (Fsp3) is 0.684. The summed E-state index contributed by atoms with van der Waals surface area (Å²) in [5, 5.41) is 10.3. The standard InChI is InChI=1S/C19H31NO2/c1-14(2)18-8-7-15(3)10-19(18)22-13-17(21)12-20-9-5-6-16(4)11-20/h7-8,10,14,16-17,21H,5-6,9,11-13H2,1-4H3/t16-,17+/m0/s1. The fourth-order valence-electron chi connectivity index (χ4n) is 3.23. The fourth-order valence-corrected chi connectivity index (χ4v) is 3.23. The molecule has 3 heteroatoms. The zero-order valence-corrected chi connectivity index (χ0v) is 14.5. The van der Waals surface area contributed by atoms with Crippen LogP contribution in [-0.2, 0) is 0 Å². The Morgan fingerprint density at radius 3 is 2.82 bits per heavy atom. The van der Waals surface area contributed by atoms with E-state index in [1.807, 2.05) is 0 Å². The predicted molar refractivity (Wildman–Crippen MR) is 91.6 cm³/mol. The molecule has 2 rings (SSSR count). The second-order valence-corrected chi connectivity index (χ2v) is 7.17. The molecule has 22 heavy (non-hydrogen) atoms. The number of benzene rings is 1. The van der Waals surface area contributed by atoms with Gasteiger partial charge in [-0.1, -0.05) is 32.9 Å². The molecule has 1 heterocycles. The van der Waals surface area contributed by atoms with Crippen molar-refractivity contribution in [3.05, 3.63) is 29.3 Å². The molecule has 0 amide bonds. The number of β-amino-alcohol motifs (C(OH)–C–C–N with tert-alkyl or cyclic N) is 1. The van der Waals surface area contributed by atoms with Crippen LogP contribution in [0.4, 0.5) is 0 Å². The summed E-state index contributed by atoms with van der Waals surface area (Å²) < 4.78 is 5.93. The smallest absolute Gasteiger partial charge is 0.123 e. The van der Waals surface area contributed by atoms with E-state index < -0.39 is 6.10 Å². The molecule has 2 atom stereocenters. The van der Waals surface area contributed by atoms with Gasteiger partial charge in [0.1, 0.15) is 18.5 Å². The lowest BCUT2D eigenvalue weighted by Gasteiger charge is -2.32. The molecule has 0 saturated carbocycles. The Morgan fingerprint density at radius 1 is 1.36 bits per heavy atom. The van der Waals surface area contributed by atoms with Crippen molar-refractivity contribution in [2.45, 2.75) is 52.6 Å². The van der Waals surface area contributed by atoms with Gasteiger partial charge in [0.25, 0.3) is 0 Å². The molecular weight excluding hydrogens is 274 g/mol. The van der Waals surface area contributed by atoms with Crippen LogP contribution in [0.2, 0.25) is 0 Å². The first-order valence-electron chi connectivity index (χ1n) is 8.59. The SMILES string of the molecule is Cc1ccc(C(C)C)c(OC[C@H](O)CN2CCC[C@H](C)C2)c1. The minimum Gasteiger partial charge on any atom is -0.491 e. The maximum atomic E-state index is 10.3. The summed E-state index contributed by atoms with van der Waals surface area (Å²) in [7, 11) is 0. The Bertz CT molecular complexity index is 473. The molecule has 1 aliphatic heterocycles. The van der Waals surface area contributed by atoms with Crippen molar-refractivity contribution in [3.63, 3.8) is 0 Å². The van der Waals surface area contributed by atoms with E-state index >= 15 is 0 Å². The van der Waals surface area contributed by atoms with Crippen molar-refractivity contribution in [2.24, 2.45) is 5.92 Å². The molecule has 1 aliphatic rings. The van der Waals surface area contributed by atoms with Gasteiger partial charge in [0.2, 0.25) is 0 Å². The number of aliphatic hydroxyl groups is 1. The second kappa shape index (κ2) is 7.98. The Labute approximate surface area is 135 Å². The maximum Gasteiger partial charge on any atom is 0.123 e. The summed E-state index contributed by atoms with van der Waals surface area (Å²) in [6.45, 7) is 12.0. The maximum absolute atomic E-state index is 10.3. The quantitative estimate of drug-likeness (QED) is 0.872. The molecule has 1 aromatic carbocycles. The van der Waals surface area contributed by atoms with Crippen molar-refractivity contribution in [1.29, 1.82) is 0 Å². The number of ether oxygens (including phenoxy) is 1. The molecule has 0 aromatic heterocycles. The molecule has 0 spiro atoms. The number of rotatable bonds is 6. The number of nitrogens with zero attached hydrogens (tertiary/aromatic N) is 1. The molecule has 0 bridgehead atoms. The third-order valence-electron chi connectivity index (χ3n) is 4.43. The van der Waals surface area contributed by atoms with Crippen LogP contribution in [0.3, 0.4) is 0 Å². The monoisotopic (exact) mass is 305 g/mol. The van der Waals surface area contributed by atoms with Crippen LogP contribution in [0.25, 0.3) is 0 Å². The van der Waals surface area contributed by atoms with Gasteiger partial charge in [-0.2, -0.15) is 0 Å². The summed E-state index contributed by atoms with van der Waals surface area (Å²) in [6.07, 6.45) is 2.12. The van der Waals surface area contributed by atoms with Crippen LogP contribution in [-0.4, -0.2) is 42.4 Å². The molecule has 0 aliphatic carbocycles. The summed E-state index contributed by atoms with van der Waals surface area (Å²) in [4.78, 5) is 2.36. The van der Waals surface area contributed by atoms with Crippen LogP contribution >= 0.6 is 0 Å². The number of likely N-dealkylation sites (tertiary alicyclic amines) is 1. The van der Waals surface area contributed by atoms with Crippen molar-refractivity contribution in [3.8, 4) is 5.75 Å². The largest absolute Gasteiger partial charge is 0.491 e. The van der Waals surface area contributed by atoms with Gasteiger partial charge in [-0.05, 0) is 55.3 Å². The van der Waals surface area contributed by atoms with E-state index in [0.29, 0.717) is 19.1 Å². The van der Waals surface area contributed by atoms with E-state index in [2.05, 4.69) is 50.8 Å². The van der Waals surface area contributed by atoms with Crippen molar-refractivity contribution in [2.75, 3.05) is 26.2 Å². The minimum absolute atomic E-state index is 0.369. The molecular formula is C19H31NO2. The summed E-state index contributed by atoms with van der Waals surface area (Å²) in [6, 6.07) is 6.33. The normalized spacial score (nSPS) is 21.1. The first-order valence-corrected chi connectivity index (χ1v) is 8.59. The number of hydrogen-bond donors (Lipinski definition) is 1. The van der Waals surface area contributed by atoms with Crippen LogP contribution < -0.4 is 4.74 Å². The van der Waals surface area contributed by atoms with Gasteiger partial charge in [0, 0.05) is 13.1 Å². The molecule has 1 saturated heterocycles. The zero-order chi connectivity index (χ0) is 16.1. The summed E-state index contributed by atoms with van der Waals surface area (Å²) in [5.41, 5.74) is 2.41. The van der Waals surface area contributed by atoms with Crippen LogP contribution in [0.5, 0.6) is 5.75 Å². The zero-order valence-electron chi connectivity index (χ0n) is 14.5. The summed E-state index contributed by atoms with van der Waals surface area (Å²) >= 11 is 0. The summed E-state index contributed by atoms with van der Waals surface area (Å²) in [5.74, 6) is 2.09. The number of hydrogen-bond acceptors (Lipinski definition) is 3. The molecule has 1 fully saturated rings. The lowest BCUT2D eigenvalue weighted by molar-refractivity contribution is 0.0534. The van der Waals surface area contributed by atoms with Gasteiger partial charge < -0.3 is 14.7 Å². The Balaban J connectivity index is 1.88. The molecule has 124 valence electrons. The van der Waals surface area contributed by atoms with Gasteiger partial charge in [0.05, 0.1) is 0 Å². The highest BCUT2D eigenvalue weighted by Crippen LogP contribution is 2.27. The van der Waals surface area contributed by atoms with Crippen LogP contribution in [0.1, 0.15) is 50.7 Å². The molecule has 1 N–H and O–H groups in total. The molecule has 0 unspecified atom stereocenters. The van der Waals surface area contributed by atoms with Gasteiger partial charge in [-0.25, -0.2) is 0 Å². The highest BCUT2D eigenvalue weighted by Gasteiger charge is 2.19. The van der Waals surface area contributed by atoms with E-state index in [4.69, 9.17) is 4.74 Å². The lowest BCUT2D eigenvalue weighted by Crippen LogP contribution is -2.41. The van der Waals surface area contributed by atoms with Crippen molar-refractivity contribution in [1.82, 2.24) is 4.90 Å². The van der Waals surface area contributed by atoms with Crippen LogP contribution in [0, 0.1) is 12.8 Å². The van der Waals surface area contributed by atoms with E-state index in [0.717, 1.165) is 24.8 Å². The predicted octanol–water partition coefficient (Wildman–Crippen LogP) is 3.59. The first-order chi connectivity index (χ1) is 10.5. The minimum atomic E-state index is -0.425. The van der Waals surface area contributed by atoms with Gasteiger partial charge in [-0.3, -0.25) is 0 Å². The van der Waals surface area contributed by atoms with Crippen molar-refractivity contribution >= 4 is 0 Å². The Morgan fingerprint density at radius 2 is 2.14 bits per heavy atom. The third kappa shape index (κ3) is 4.99. The Kier molecular flexibility index (Phi) is 6.27. The van der Waals surface area contributed by atoms with E-state index in [1.165, 1.54) is 24.0 Å². The van der Waals surface area contributed by atoms with Crippen molar-refractivity contribution < 1.29 is 9.84 Å². The van der Waals surface area contributed by atoms with Crippen LogP contribution in [0.15, 0.2) is 18.2 Å². The topological polar surface area (TPSA) is 32.7 Å². The Hall–Kier alpha value is -1.06. The van der Waals surface area contributed by atoms with Gasteiger partial charge >= 0.3 is 0 Å². The highest BCUT2D eigenvalue weighted by molar-refractivity contribution is 5.39. The van der Waals surface area contributed by atoms with E-state index in [9.17, 15) is 5.11 Å². The van der Waals surface area contributed by atoms with E-state index in [-0.39, 0.29) is 0 Å².